The van der Waals surface area contributed by atoms with Crippen LogP contribution in [0.4, 0.5) is 15.9 Å². The summed E-state index contributed by atoms with van der Waals surface area (Å²) < 4.78 is 18.0. The van der Waals surface area contributed by atoms with Gasteiger partial charge in [-0.3, -0.25) is 9.78 Å². The molecule has 42 heavy (non-hydrogen) atoms. The Morgan fingerprint density at radius 2 is 2.05 bits per heavy atom. The number of aryl methyl sites for hydroxylation is 1. The zero-order valence-electron chi connectivity index (χ0n) is 23.4. The van der Waals surface area contributed by atoms with Crippen LogP contribution in [0.15, 0.2) is 47.9 Å². The predicted octanol–water partition coefficient (Wildman–Crippen LogP) is 4.40. The van der Waals surface area contributed by atoms with Gasteiger partial charge < -0.3 is 20.2 Å². The molecule has 216 valence electrons. The molecule has 0 spiro atoms. The van der Waals surface area contributed by atoms with Crippen LogP contribution in [0.5, 0.6) is 5.75 Å². The number of phenols is 1. The number of phenolic OH excluding ortho intramolecular Hbond substituents is 1. The maximum absolute atomic E-state index is 16.6. The number of amides is 1. The third-order valence-electron chi connectivity index (χ3n) is 7.86. The standard InChI is InChI=1S/C30H29ClFN7O3/c1-5-20(41)37-11-12-38-17(14-37)13-34-25-22-28(38)36-30(42)39(27-16(4)9-10-33-24(27)15(2)3)29(22)35-26(23(25)32)21-18(31)7-6-8-19(21)40/h5-10,15,17,34,40H,1,11-14H2,2-4H3. The van der Waals surface area contributed by atoms with Gasteiger partial charge in [0.25, 0.3) is 0 Å². The molecule has 0 saturated carbocycles. The maximum Gasteiger partial charge on any atom is 0.355 e. The van der Waals surface area contributed by atoms with Crippen LogP contribution < -0.4 is 15.9 Å². The first kappa shape index (κ1) is 27.6. The number of fused-ring (bicyclic) bond motifs is 2. The number of halogens is 2. The predicted molar refractivity (Wildman–Crippen MR) is 160 cm³/mol. The number of aromatic hydroxyl groups is 1. The summed E-state index contributed by atoms with van der Waals surface area (Å²) in [4.78, 5) is 43.9. The van der Waals surface area contributed by atoms with Crippen LogP contribution in [-0.4, -0.2) is 67.7 Å². The summed E-state index contributed by atoms with van der Waals surface area (Å²) in [7, 11) is 0. The number of aromatic nitrogens is 4. The van der Waals surface area contributed by atoms with Gasteiger partial charge in [-0.25, -0.2) is 18.7 Å². The summed E-state index contributed by atoms with van der Waals surface area (Å²) in [6.07, 6.45) is 2.94. The lowest BCUT2D eigenvalue weighted by molar-refractivity contribution is -0.126. The van der Waals surface area contributed by atoms with Crippen LogP contribution in [-0.2, 0) is 4.79 Å². The smallest absolute Gasteiger partial charge is 0.355 e. The van der Waals surface area contributed by atoms with Gasteiger partial charge in [-0.2, -0.15) is 4.98 Å². The molecule has 3 aromatic heterocycles. The van der Waals surface area contributed by atoms with Crippen molar-refractivity contribution < 1.29 is 14.3 Å². The summed E-state index contributed by atoms with van der Waals surface area (Å²) in [5, 5.41) is 14.4. The molecule has 6 rings (SSSR count). The van der Waals surface area contributed by atoms with E-state index in [4.69, 9.17) is 16.6 Å². The number of nitrogens with zero attached hydrogens (tertiary/aromatic N) is 6. The third kappa shape index (κ3) is 4.27. The van der Waals surface area contributed by atoms with Crippen molar-refractivity contribution in [3.63, 3.8) is 0 Å². The quantitative estimate of drug-likeness (QED) is 0.337. The van der Waals surface area contributed by atoms with E-state index in [0.29, 0.717) is 36.4 Å². The van der Waals surface area contributed by atoms with E-state index in [1.54, 1.807) is 23.2 Å². The molecule has 1 atom stereocenters. The lowest BCUT2D eigenvalue weighted by Gasteiger charge is -2.41. The number of hydrogen-bond acceptors (Lipinski definition) is 8. The topological polar surface area (TPSA) is 116 Å². The fraction of sp³-hybridized carbons (Fsp3) is 0.300. The summed E-state index contributed by atoms with van der Waals surface area (Å²) in [6.45, 7) is 10.7. The average Bonchev–Trinajstić information content (AvgIpc) is 3.12. The van der Waals surface area contributed by atoms with E-state index in [9.17, 15) is 14.7 Å². The Balaban J connectivity index is 1.71. The Hall–Kier alpha value is -4.51. The minimum atomic E-state index is -0.745. The van der Waals surface area contributed by atoms with Gasteiger partial charge in [-0.15, -0.1) is 0 Å². The molecule has 1 aromatic carbocycles. The van der Waals surface area contributed by atoms with Gasteiger partial charge in [0, 0.05) is 32.4 Å². The second-order valence-corrected chi connectivity index (χ2v) is 11.2. The van der Waals surface area contributed by atoms with Crippen molar-refractivity contribution in [1.29, 1.82) is 0 Å². The molecule has 1 saturated heterocycles. The SMILES string of the molecule is C=CC(=O)N1CCN2c3nc(=O)n(-c4c(C)ccnc4C(C)C)c4nc(-c5c(O)cccc5Cl)c(F)c(c34)NCC2C1. The molecule has 2 aliphatic heterocycles. The number of benzene rings is 1. The normalized spacial score (nSPS) is 16.3. The lowest BCUT2D eigenvalue weighted by Crippen LogP contribution is -2.57. The third-order valence-corrected chi connectivity index (χ3v) is 8.17. The van der Waals surface area contributed by atoms with E-state index in [1.165, 1.54) is 22.8 Å². The molecular formula is C30H29ClFN7O3. The Morgan fingerprint density at radius 1 is 1.26 bits per heavy atom. The monoisotopic (exact) mass is 589 g/mol. The first-order valence-electron chi connectivity index (χ1n) is 13.6. The molecule has 4 aromatic rings. The van der Waals surface area contributed by atoms with Crippen LogP contribution in [0.25, 0.3) is 28.0 Å². The van der Waals surface area contributed by atoms with Crippen LogP contribution in [0, 0.1) is 12.7 Å². The summed E-state index contributed by atoms with van der Waals surface area (Å²) >= 11 is 6.47. The number of carbonyl (C=O) groups excluding carboxylic acids is 1. The number of anilines is 2. The van der Waals surface area contributed by atoms with Crippen LogP contribution in [0.3, 0.4) is 0 Å². The maximum atomic E-state index is 16.6. The zero-order chi connectivity index (χ0) is 29.9. The second kappa shape index (κ2) is 10.4. The molecule has 0 bridgehead atoms. The highest BCUT2D eigenvalue weighted by Crippen LogP contribution is 2.43. The van der Waals surface area contributed by atoms with Crippen LogP contribution in [0.2, 0.25) is 5.02 Å². The Labute approximate surface area is 246 Å². The van der Waals surface area contributed by atoms with Crippen molar-refractivity contribution >= 4 is 40.0 Å². The average molecular weight is 590 g/mol. The molecular weight excluding hydrogens is 561 g/mol. The number of pyridine rings is 2. The zero-order valence-corrected chi connectivity index (χ0v) is 24.1. The van der Waals surface area contributed by atoms with E-state index >= 15 is 4.39 Å². The highest BCUT2D eigenvalue weighted by molar-refractivity contribution is 6.33. The Bertz CT molecular complexity index is 1820. The molecule has 2 aliphatic rings. The highest BCUT2D eigenvalue weighted by atomic mass is 35.5. The number of carbonyl (C=O) groups is 1. The van der Waals surface area contributed by atoms with Gasteiger partial charge in [0.2, 0.25) is 5.91 Å². The number of rotatable bonds is 4. The van der Waals surface area contributed by atoms with Crippen molar-refractivity contribution in [3.8, 4) is 22.7 Å². The van der Waals surface area contributed by atoms with E-state index in [1.807, 2.05) is 25.7 Å². The van der Waals surface area contributed by atoms with Gasteiger partial charge in [-0.1, -0.05) is 38.1 Å². The second-order valence-electron chi connectivity index (χ2n) is 10.8. The van der Waals surface area contributed by atoms with Crippen molar-refractivity contribution in [3.05, 3.63) is 75.7 Å². The first-order chi connectivity index (χ1) is 20.1. The number of nitrogens with one attached hydrogen (secondary N) is 1. The van der Waals surface area contributed by atoms with Gasteiger partial charge in [0.1, 0.15) is 17.3 Å². The van der Waals surface area contributed by atoms with Crippen molar-refractivity contribution in [2.24, 2.45) is 0 Å². The Morgan fingerprint density at radius 3 is 2.76 bits per heavy atom. The molecule has 5 heterocycles. The van der Waals surface area contributed by atoms with Gasteiger partial charge in [-0.05, 0) is 42.7 Å². The van der Waals surface area contributed by atoms with Crippen molar-refractivity contribution in [1.82, 2.24) is 24.4 Å². The number of piperazine rings is 1. The fourth-order valence-corrected chi connectivity index (χ4v) is 6.10. The summed E-state index contributed by atoms with van der Waals surface area (Å²) in [5.41, 5.74) is 1.33. The molecule has 1 amide bonds. The minimum Gasteiger partial charge on any atom is -0.507 e. The van der Waals surface area contributed by atoms with Crippen LogP contribution in [0.1, 0.15) is 31.0 Å². The summed E-state index contributed by atoms with van der Waals surface area (Å²) in [6, 6.07) is 5.96. The molecule has 0 aliphatic carbocycles. The molecule has 0 radical (unpaired) electrons. The molecule has 10 nitrogen and oxygen atoms in total. The molecule has 12 heteroatoms. The number of hydrogen-bond donors (Lipinski definition) is 2. The lowest BCUT2D eigenvalue weighted by atomic mass is 10.0. The summed E-state index contributed by atoms with van der Waals surface area (Å²) in [5.74, 6) is -0.987. The molecule has 1 fully saturated rings. The minimum absolute atomic E-state index is 0.00527. The van der Waals surface area contributed by atoms with E-state index < -0.39 is 11.5 Å². The molecule has 1 unspecified atom stereocenters. The van der Waals surface area contributed by atoms with Gasteiger partial charge >= 0.3 is 5.69 Å². The van der Waals surface area contributed by atoms with Crippen molar-refractivity contribution in [2.75, 3.05) is 36.4 Å². The van der Waals surface area contributed by atoms with Gasteiger partial charge in [0.15, 0.2) is 11.5 Å². The van der Waals surface area contributed by atoms with Crippen LogP contribution >= 0.6 is 11.6 Å². The molecule has 2 N–H and O–H groups in total. The Kier molecular flexibility index (Phi) is 6.84. The largest absolute Gasteiger partial charge is 0.507 e. The first-order valence-corrected chi connectivity index (χ1v) is 14.0. The highest BCUT2D eigenvalue weighted by Gasteiger charge is 2.37. The van der Waals surface area contributed by atoms with E-state index in [-0.39, 0.29) is 63.6 Å². The van der Waals surface area contributed by atoms with Crippen molar-refractivity contribution in [2.45, 2.75) is 32.7 Å². The van der Waals surface area contributed by atoms with E-state index in [2.05, 4.69) is 21.9 Å². The fourth-order valence-electron chi connectivity index (χ4n) is 5.84. The van der Waals surface area contributed by atoms with E-state index in [0.717, 1.165) is 5.56 Å². The van der Waals surface area contributed by atoms with Gasteiger partial charge in [0.05, 0.1) is 39.1 Å².